The Morgan fingerprint density at radius 1 is 1.12 bits per heavy atom. The fraction of sp³-hybridized carbons (Fsp3) is 0.182. The molecule has 0 saturated carbocycles. The fourth-order valence-electron chi connectivity index (χ4n) is 2.87. The third kappa shape index (κ3) is 5.71. The standard InChI is InChI=1S/C22H20BrN3O5S/c1-3-30-22(28)26-21(32)25-19-16-11-14(23)9-10-15(16)18(17(24-19)20(27)29-2)31-12-13-7-5-4-6-8-13/h4-11H,3,12H2,1-2H3,(H2,24,25,26,28,32). The van der Waals surface area contributed by atoms with Gasteiger partial charge in [-0.3, -0.25) is 5.32 Å². The first-order valence-electron chi connectivity index (χ1n) is 9.56. The number of carbonyl (C=O) groups is 2. The topological polar surface area (TPSA) is 98.8 Å². The maximum absolute atomic E-state index is 12.5. The number of amides is 1. The summed E-state index contributed by atoms with van der Waals surface area (Å²) in [4.78, 5) is 28.6. The van der Waals surface area contributed by atoms with Crippen LogP contribution in [0.15, 0.2) is 53.0 Å². The fourth-order valence-corrected chi connectivity index (χ4v) is 3.41. The first kappa shape index (κ1) is 23.4. The van der Waals surface area contributed by atoms with E-state index in [1.807, 2.05) is 36.4 Å². The van der Waals surface area contributed by atoms with Gasteiger partial charge in [-0.1, -0.05) is 46.3 Å². The van der Waals surface area contributed by atoms with E-state index in [0.29, 0.717) is 10.8 Å². The molecule has 1 aromatic heterocycles. The molecule has 166 valence electrons. The van der Waals surface area contributed by atoms with E-state index in [-0.39, 0.29) is 35.6 Å². The van der Waals surface area contributed by atoms with E-state index >= 15 is 0 Å². The van der Waals surface area contributed by atoms with Crippen LogP contribution in [0.25, 0.3) is 10.8 Å². The van der Waals surface area contributed by atoms with E-state index in [2.05, 4.69) is 31.5 Å². The highest BCUT2D eigenvalue weighted by Crippen LogP contribution is 2.36. The molecule has 0 radical (unpaired) electrons. The highest BCUT2D eigenvalue weighted by atomic mass is 79.9. The summed E-state index contributed by atoms with van der Waals surface area (Å²) in [6, 6.07) is 15.0. The minimum absolute atomic E-state index is 0.0281. The Morgan fingerprint density at radius 3 is 2.56 bits per heavy atom. The van der Waals surface area contributed by atoms with Crippen molar-refractivity contribution in [1.29, 1.82) is 0 Å². The number of nitrogens with zero attached hydrogens (tertiary/aromatic N) is 1. The number of ether oxygens (including phenoxy) is 3. The molecule has 0 aliphatic carbocycles. The number of pyridine rings is 1. The summed E-state index contributed by atoms with van der Waals surface area (Å²) in [5, 5.41) is 6.43. The largest absolute Gasteiger partial charge is 0.486 e. The summed E-state index contributed by atoms with van der Waals surface area (Å²) in [5.41, 5.74) is 0.898. The summed E-state index contributed by atoms with van der Waals surface area (Å²) >= 11 is 8.63. The predicted octanol–water partition coefficient (Wildman–Crippen LogP) is 4.81. The number of hydrogen-bond donors (Lipinski definition) is 2. The van der Waals surface area contributed by atoms with Crippen molar-refractivity contribution >= 4 is 61.9 Å². The van der Waals surface area contributed by atoms with Gasteiger partial charge in [0.1, 0.15) is 12.4 Å². The van der Waals surface area contributed by atoms with Crippen molar-refractivity contribution in [3.63, 3.8) is 0 Å². The number of methoxy groups -OCH3 is 1. The van der Waals surface area contributed by atoms with Gasteiger partial charge in [0.05, 0.1) is 13.7 Å². The van der Waals surface area contributed by atoms with E-state index in [0.717, 1.165) is 10.0 Å². The van der Waals surface area contributed by atoms with Crippen LogP contribution in [0.1, 0.15) is 23.0 Å². The van der Waals surface area contributed by atoms with Crippen molar-refractivity contribution in [1.82, 2.24) is 10.3 Å². The molecule has 1 heterocycles. The van der Waals surface area contributed by atoms with Gasteiger partial charge in [-0.05, 0) is 42.9 Å². The van der Waals surface area contributed by atoms with Gasteiger partial charge in [0.15, 0.2) is 16.6 Å². The lowest BCUT2D eigenvalue weighted by molar-refractivity contribution is 0.0589. The van der Waals surface area contributed by atoms with Crippen molar-refractivity contribution in [2.24, 2.45) is 0 Å². The number of benzene rings is 2. The number of thiocarbonyl (C=S) groups is 1. The second-order valence-corrected chi connectivity index (χ2v) is 7.72. The van der Waals surface area contributed by atoms with Crippen molar-refractivity contribution in [3.05, 3.63) is 64.3 Å². The monoisotopic (exact) mass is 517 g/mol. The van der Waals surface area contributed by atoms with Crippen LogP contribution in [0.2, 0.25) is 0 Å². The van der Waals surface area contributed by atoms with E-state index in [9.17, 15) is 9.59 Å². The maximum Gasteiger partial charge on any atom is 0.413 e. The first-order chi connectivity index (χ1) is 15.4. The van der Waals surface area contributed by atoms with Crippen LogP contribution >= 0.6 is 28.1 Å². The molecule has 2 N–H and O–H groups in total. The van der Waals surface area contributed by atoms with Gasteiger partial charge in [0, 0.05) is 15.2 Å². The maximum atomic E-state index is 12.5. The average molecular weight is 518 g/mol. The lowest BCUT2D eigenvalue weighted by Crippen LogP contribution is -2.35. The van der Waals surface area contributed by atoms with E-state index in [1.54, 1.807) is 19.1 Å². The van der Waals surface area contributed by atoms with E-state index < -0.39 is 12.1 Å². The van der Waals surface area contributed by atoms with Crippen LogP contribution in [-0.2, 0) is 16.1 Å². The molecule has 0 unspecified atom stereocenters. The van der Waals surface area contributed by atoms with Gasteiger partial charge in [-0.15, -0.1) is 0 Å². The molecule has 0 aliphatic heterocycles. The summed E-state index contributed by atoms with van der Waals surface area (Å²) in [5.74, 6) is -0.154. The molecule has 0 aliphatic rings. The molecule has 10 heteroatoms. The minimum Gasteiger partial charge on any atom is -0.486 e. The Hall–Kier alpha value is -3.24. The first-order valence-corrected chi connectivity index (χ1v) is 10.8. The van der Waals surface area contributed by atoms with Gasteiger partial charge in [-0.2, -0.15) is 0 Å². The summed E-state index contributed by atoms with van der Waals surface area (Å²) in [6.07, 6.45) is -0.702. The second-order valence-electron chi connectivity index (χ2n) is 6.39. The van der Waals surface area contributed by atoms with Crippen LogP contribution < -0.4 is 15.4 Å². The lowest BCUT2D eigenvalue weighted by atomic mass is 10.1. The Morgan fingerprint density at radius 2 is 1.88 bits per heavy atom. The molecular weight excluding hydrogens is 498 g/mol. The molecular formula is C22H20BrN3O5S. The number of carbonyl (C=O) groups excluding carboxylic acids is 2. The number of anilines is 1. The van der Waals surface area contributed by atoms with Gasteiger partial charge in [-0.25, -0.2) is 14.6 Å². The zero-order valence-corrected chi connectivity index (χ0v) is 19.7. The van der Waals surface area contributed by atoms with Crippen LogP contribution in [-0.4, -0.2) is 35.9 Å². The molecule has 0 atom stereocenters. The SMILES string of the molecule is CCOC(=O)NC(=S)Nc1nc(C(=O)OC)c(OCc2ccccc2)c2ccc(Br)cc12. The van der Waals surface area contributed by atoms with Crippen LogP contribution in [0.5, 0.6) is 5.75 Å². The molecule has 1 amide bonds. The van der Waals surface area contributed by atoms with E-state index in [4.69, 9.17) is 26.4 Å². The Kier molecular flexibility index (Phi) is 7.96. The highest BCUT2D eigenvalue weighted by molar-refractivity contribution is 9.10. The van der Waals surface area contributed by atoms with Gasteiger partial charge in [0.2, 0.25) is 0 Å². The van der Waals surface area contributed by atoms with Gasteiger partial charge < -0.3 is 19.5 Å². The molecule has 3 aromatic rings. The highest BCUT2D eigenvalue weighted by Gasteiger charge is 2.23. The number of rotatable bonds is 6. The molecule has 3 rings (SSSR count). The van der Waals surface area contributed by atoms with Gasteiger partial charge in [0.25, 0.3) is 0 Å². The number of alkyl carbamates (subject to hydrolysis) is 1. The molecule has 0 saturated heterocycles. The Labute approximate surface area is 198 Å². The van der Waals surface area contributed by atoms with Crippen molar-refractivity contribution in [3.8, 4) is 5.75 Å². The smallest absolute Gasteiger partial charge is 0.413 e. The van der Waals surface area contributed by atoms with Crippen LogP contribution in [0.4, 0.5) is 10.6 Å². The number of nitrogens with one attached hydrogen (secondary N) is 2. The minimum atomic E-state index is -0.702. The van der Waals surface area contributed by atoms with Crippen molar-refractivity contribution in [2.45, 2.75) is 13.5 Å². The number of hydrogen-bond acceptors (Lipinski definition) is 7. The predicted molar refractivity (Wildman–Crippen MR) is 128 cm³/mol. The summed E-state index contributed by atoms with van der Waals surface area (Å²) in [7, 11) is 1.26. The normalized spacial score (nSPS) is 10.3. The zero-order valence-electron chi connectivity index (χ0n) is 17.3. The van der Waals surface area contributed by atoms with Crippen molar-refractivity contribution in [2.75, 3.05) is 19.0 Å². The quantitative estimate of drug-likeness (QED) is 0.355. The number of aromatic nitrogens is 1. The molecule has 32 heavy (non-hydrogen) atoms. The molecule has 0 spiro atoms. The van der Waals surface area contributed by atoms with Crippen LogP contribution in [0, 0.1) is 0 Å². The van der Waals surface area contributed by atoms with Gasteiger partial charge >= 0.3 is 12.1 Å². The van der Waals surface area contributed by atoms with Crippen LogP contribution in [0.3, 0.4) is 0 Å². The summed E-state index contributed by atoms with van der Waals surface area (Å²) < 4.78 is 16.6. The number of halogens is 1. The molecule has 0 bridgehead atoms. The Bertz CT molecular complexity index is 1160. The second kappa shape index (κ2) is 10.9. The number of esters is 1. The molecule has 0 fully saturated rings. The van der Waals surface area contributed by atoms with E-state index in [1.165, 1.54) is 7.11 Å². The Balaban J connectivity index is 2.04. The zero-order chi connectivity index (χ0) is 23.1. The third-order valence-corrected chi connectivity index (χ3v) is 4.95. The number of fused-ring (bicyclic) bond motifs is 1. The lowest BCUT2D eigenvalue weighted by Gasteiger charge is -2.17. The molecule has 2 aromatic carbocycles. The average Bonchev–Trinajstić information content (AvgIpc) is 2.78. The summed E-state index contributed by atoms with van der Waals surface area (Å²) in [6.45, 7) is 2.11. The molecule has 8 nitrogen and oxygen atoms in total. The van der Waals surface area contributed by atoms with Crippen molar-refractivity contribution < 1.29 is 23.8 Å². The third-order valence-electron chi connectivity index (χ3n) is 4.25.